The van der Waals surface area contributed by atoms with Crippen LogP contribution in [-0.2, 0) is 4.74 Å². The molecule has 1 aromatic rings. The van der Waals surface area contributed by atoms with Gasteiger partial charge in [0.1, 0.15) is 0 Å². The molecule has 0 amide bonds. The van der Waals surface area contributed by atoms with Gasteiger partial charge in [0.05, 0.1) is 24.0 Å². The first-order valence-corrected chi connectivity index (χ1v) is 5.82. The van der Waals surface area contributed by atoms with Gasteiger partial charge in [-0.2, -0.15) is 0 Å². The fourth-order valence-corrected chi connectivity index (χ4v) is 1.10. The molecule has 0 saturated carbocycles. The van der Waals surface area contributed by atoms with Crippen molar-refractivity contribution in [2.24, 2.45) is 0 Å². The minimum Gasteiger partial charge on any atom is -0.502 e. The van der Waals surface area contributed by atoms with Crippen LogP contribution in [0.5, 0.6) is 0 Å². The Morgan fingerprint density at radius 1 is 1.26 bits per heavy atom. The lowest BCUT2D eigenvalue weighted by Crippen LogP contribution is -2.01. The highest BCUT2D eigenvalue weighted by Crippen LogP contribution is 2.04. The Kier molecular flexibility index (Phi) is 8.53. The number of hydrogen-bond donors (Lipinski definition) is 2. The van der Waals surface area contributed by atoms with Crippen LogP contribution in [0.2, 0.25) is 0 Å². The molecule has 0 atom stereocenters. The number of ether oxygens (including phenoxy) is 1. The lowest BCUT2D eigenvalue weighted by Gasteiger charge is -1.95. The lowest BCUT2D eigenvalue weighted by atomic mass is 10.1. The van der Waals surface area contributed by atoms with Crippen molar-refractivity contribution in [2.75, 3.05) is 6.61 Å². The number of aromatic carboxylic acids is 2. The molecule has 0 aliphatic carbocycles. The third-order valence-electron chi connectivity index (χ3n) is 2.09. The fraction of sp³-hybridized carbons (Fsp3) is 0.286. The molecule has 0 aliphatic rings. The molecule has 0 unspecified atom stereocenters. The molecule has 2 N–H and O–H groups in total. The second-order valence-corrected chi connectivity index (χ2v) is 3.58. The predicted octanol–water partition coefficient (Wildman–Crippen LogP) is 3.03. The van der Waals surface area contributed by atoms with Crippen LogP contribution in [0.3, 0.4) is 0 Å². The van der Waals surface area contributed by atoms with Crippen LogP contribution in [0.1, 0.15) is 40.5 Å². The van der Waals surface area contributed by atoms with Crippen molar-refractivity contribution in [1.82, 2.24) is 0 Å². The molecular formula is C14H18O5. The van der Waals surface area contributed by atoms with Crippen LogP contribution in [-0.4, -0.2) is 28.8 Å². The largest absolute Gasteiger partial charge is 0.502 e. The van der Waals surface area contributed by atoms with E-state index in [2.05, 4.69) is 13.5 Å². The summed E-state index contributed by atoms with van der Waals surface area (Å²) >= 11 is 0. The first kappa shape index (κ1) is 16.7. The first-order chi connectivity index (χ1) is 9.02. The highest BCUT2D eigenvalue weighted by molar-refractivity contribution is 5.93. The summed E-state index contributed by atoms with van der Waals surface area (Å²) < 4.78 is 4.84. The average Bonchev–Trinajstić information content (AvgIpc) is 2.40. The molecule has 5 heteroatoms. The van der Waals surface area contributed by atoms with Gasteiger partial charge in [-0.25, -0.2) is 9.59 Å². The van der Waals surface area contributed by atoms with Crippen molar-refractivity contribution in [3.8, 4) is 0 Å². The van der Waals surface area contributed by atoms with E-state index in [1.165, 1.54) is 30.9 Å². The third kappa shape index (κ3) is 7.59. The summed E-state index contributed by atoms with van der Waals surface area (Å²) in [5.41, 5.74) is -0.0372. The van der Waals surface area contributed by atoms with Crippen LogP contribution in [0.25, 0.3) is 0 Å². The molecule has 0 spiro atoms. The van der Waals surface area contributed by atoms with E-state index >= 15 is 0 Å². The van der Waals surface area contributed by atoms with E-state index in [1.807, 2.05) is 0 Å². The highest BCUT2D eigenvalue weighted by Gasteiger charge is 2.06. The van der Waals surface area contributed by atoms with E-state index in [1.54, 1.807) is 0 Å². The summed E-state index contributed by atoms with van der Waals surface area (Å²) in [6, 6.07) is 5.20. The van der Waals surface area contributed by atoms with Crippen molar-refractivity contribution in [3.05, 3.63) is 48.2 Å². The monoisotopic (exact) mass is 266 g/mol. The predicted molar refractivity (Wildman–Crippen MR) is 71.4 cm³/mol. The molecule has 5 nitrogen and oxygen atoms in total. The smallest absolute Gasteiger partial charge is 0.335 e. The minimum absolute atomic E-state index is 0.0186. The molecule has 104 valence electrons. The van der Waals surface area contributed by atoms with E-state index in [9.17, 15) is 9.59 Å². The summed E-state index contributed by atoms with van der Waals surface area (Å²) in [6.07, 6.45) is 3.80. The number of carbonyl (C=O) groups is 2. The van der Waals surface area contributed by atoms with Crippen LogP contribution in [0.4, 0.5) is 0 Å². The van der Waals surface area contributed by atoms with Crippen LogP contribution >= 0.6 is 0 Å². The minimum atomic E-state index is -1.13. The molecule has 0 fully saturated rings. The van der Waals surface area contributed by atoms with E-state index < -0.39 is 11.9 Å². The molecule has 19 heavy (non-hydrogen) atoms. The standard InChI is InChI=1S/C8H6O4.C6H12O/c9-7(10)5-2-1-3-6(4-5)8(11)12;1-3-5-6-7-4-2/h1-4H,(H,9,10)(H,11,12);4H,2-3,5-6H2,1H3. The second-order valence-electron chi connectivity index (χ2n) is 3.58. The van der Waals surface area contributed by atoms with Gasteiger partial charge in [0, 0.05) is 0 Å². The van der Waals surface area contributed by atoms with E-state index in [4.69, 9.17) is 14.9 Å². The fourth-order valence-electron chi connectivity index (χ4n) is 1.10. The zero-order chi connectivity index (χ0) is 14.7. The van der Waals surface area contributed by atoms with Gasteiger partial charge in [0.25, 0.3) is 0 Å². The Hall–Kier alpha value is -2.30. The van der Waals surface area contributed by atoms with Crippen molar-refractivity contribution < 1.29 is 24.5 Å². The summed E-state index contributed by atoms with van der Waals surface area (Å²) in [5, 5.41) is 17.0. The number of carboxylic acid groups (broad SMARTS) is 2. The highest BCUT2D eigenvalue weighted by atomic mass is 16.5. The maximum absolute atomic E-state index is 10.4. The van der Waals surface area contributed by atoms with Crippen LogP contribution < -0.4 is 0 Å². The molecular weight excluding hydrogens is 248 g/mol. The maximum atomic E-state index is 10.4. The van der Waals surface area contributed by atoms with Crippen LogP contribution in [0, 0.1) is 0 Å². The Labute approximate surface area is 112 Å². The first-order valence-electron chi connectivity index (χ1n) is 5.82. The van der Waals surface area contributed by atoms with Gasteiger partial charge in [0.15, 0.2) is 0 Å². The van der Waals surface area contributed by atoms with E-state index in [-0.39, 0.29) is 11.1 Å². The Balaban J connectivity index is 0.000000399. The van der Waals surface area contributed by atoms with Gasteiger partial charge in [-0.05, 0) is 24.6 Å². The summed E-state index contributed by atoms with van der Waals surface area (Å²) in [6.45, 7) is 6.36. The van der Waals surface area contributed by atoms with Gasteiger partial charge in [-0.15, -0.1) is 0 Å². The van der Waals surface area contributed by atoms with Crippen molar-refractivity contribution >= 4 is 11.9 Å². The van der Waals surface area contributed by atoms with Crippen molar-refractivity contribution in [3.63, 3.8) is 0 Å². The number of carboxylic acids is 2. The molecule has 0 aromatic heterocycles. The van der Waals surface area contributed by atoms with E-state index in [0.29, 0.717) is 0 Å². The number of rotatable bonds is 6. The molecule has 0 bridgehead atoms. The van der Waals surface area contributed by atoms with Gasteiger partial charge >= 0.3 is 11.9 Å². The summed E-state index contributed by atoms with van der Waals surface area (Å²) in [5.74, 6) is -2.25. The zero-order valence-corrected chi connectivity index (χ0v) is 10.8. The average molecular weight is 266 g/mol. The van der Waals surface area contributed by atoms with Crippen molar-refractivity contribution in [2.45, 2.75) is 19.8 Å². The quantitative estimate of drug-likeness (QED) is 0.610. The SMILES string of the molecule is C=COCCCC.O=C(O)c1cccc(C(=O)O)c1. The normalized spacial score (nSPS) is 8.89. The van der Waals surface area contributed by atoms with Crippen molar-refractivity contribution in [1.29, 1.82) is 0 Å². The van der Waals surface area contributed by atoms with Gasteiger partial charge in [-0.1, -0.05) is 26.0 Å². The second kappa shape index (κ2) is 9.70. The Bertz CT molecular complexity index is 396. The zero-order valence-electron chi connectivity index (χ0n) is 10.8. The molecule has 0 heterocycles. The third-order valence-corrected chi connectivity index (χ3v) is 2.09. The Morgan fingerprint density at radius 2 is 1.79 bits per heavy atom. The molecule has 0 saturated heterocycles. The number of unbranched alkanes of at least 4 members (excludes halogenated alkanes) is 1. The topological polar surface area (TPSA) is 83.8 Å². The van der Waals surface area contributed by atoms with Gasteiger partial charge in [0.2, 0.25) is 0 Å². The number of hydrogen-bond acceptors (Lipinski definition) is 3. The molecule has 0 aliphatic heterocycles. The molecule has 1 rings (SSSR count). The molecule has 0 radical (unpaired) electrons. The lowest BCUT2D eigenvalue weighted by molar-refractivity contribution is 0.0696. The Morgan fingerprint density at radius 3 is 2.16 bits per heavy atom. The van der Waals surface area contributed by atoms with Crippen LogP contribution in [0.15, 0.2) is 37.1 Å². The summed E-state index contributed by atoms with van der Waals surface area (Å²) in [4.78, 5) is 20.8. The number of benzene rings is 1. The summed E-state index contributed by atoms with van der Waals surface area (Å²) in [7, 11) is 0. The molecule has 1 aromatic carbocycles. The van der Waals surface area contributed by atoms with Gasteiger partial charge in [-0.3, -0.25) is 0 Å². The maximum Gasteiger partial charge on any atom is 0.335 e. The van der Waals surface area contributed by atoms with E-state index in [0.717, 1.165) is 19.1 Å². The van der Waals surface area contributed by atoms with Gasteiger partial charge < -0.3 is 14.9 Å².